The maximum atomic E-state index is 10.9. The maximum Gasteiger partial charge on any atom is 0.373 e. The van der Waals surface area contributed by atoms with Crippen LogP contribution < -0.4 is 0 Å². The number of esters is 1. The van der Waals surface area contributed by atoms with Crippen LogP contribution in [-0.4, -0.2) is 18.7 Å². The highest BCUT2D eigenvalue weighted by molar-refractivity contribution is 5.74. The molecule has 13 heavy (non-hydrogen) atoms. The third-order valence-electron chi connectivity index (χ3n) is 1.47. The first kappa shape index (κ1) is 11.8. The van der Waals surface area contributed by atoms with E-state index >= 15 is 0 Å². The molecule has 0 amide bonds. The molecule has 0 spiro atoms. The second kappa shape index (κ2) is 6.38. The summed E-state index contributed by atoms with van der Waals surface area (Å²) >= 11 is 0. The Morgan fingerprint density at radius 1 is 1.46 bits per heavy atom. The van der Waals surface area contributed by atoms with Crippen LogP contribution in [0.1, 0.15) is 26.7 Å². The van der Waals surface area contributed by atoms with E-state index in [1.54, 1.807) is 0 Å². The van der Waals surface area contributed by atoms with E-state index in [0.717, 1.165) is 12.8 Å². The summed E-state index contributed by atoms with van der Waals surface area (Å²) in [4.78, 5) is 27.1. The lowest BCUT2D eigenvalue weighted by atomic mass is 10.2. The lowest BCUT2D eigenvalue weighted by Crippen LogP contribution is -2.10. The minimum atomic E-state index is 0.00806. The van der Waals surface area contributed by atoms with Crippen LogP contribution in [0, 0.1) is 11.8 Å². The predicted octanol–water partition coefficient (Wildman–Crippen LogP) is 1.01. The molecule has 0 unspecified atom stereocenters. The molecule has 0 atom stereocenters. The van der Waals surface area contributed by atoms with Crippen LogP contribution >= 0.6 is 0 Å². The summed E-state index contributed by atoms with van der Waals surface area (Å²) in [6.45, 7) is 4.66. The van der Waals surface area contributed by atoms with E-state index in [4.69, 9.17) is 14.3 Å². The average molecular weight is 186 g/mol. The van der Waals surface area contributed by atoms with E-state index < -0.39 is 0 Å². The Morgan fingerprint density at radius 2 is 1.92 bits per heavy atom. The van der Waals surface area contributed by atoms with Gasteiger partial charge < -0.3 is 4.74 Å². The van der Waals surface area contributed by atoms with Crippen LogP contribution in [-0.2, 0) is 19.1 Å². The first-order valence-corrected chi connectivity index (χ1v) is 4.27. The highest BCUT2D eigenvalue weighted by atomic mass is 16.5. The molecule has 0 aromatic heterocycles. The smallest absolute Gasteiger partial charge is 0.373 e. The van der Waals surface area contributed by atoms with E-state index in [1.807, 2.05) is 13.8 Å². The van der Waals surface area contributed by atoms with Gasteiger partial charge in [0.05, 0.1) is 12.5 Å². The van der Waals surface area contributed by atoms with Gasteiger partial charge >= 0.3 is 12.1 Å². The molecule has 0 aliphatic heterocycles. The van der Waals surface area contributed by atoms with Gasteiger partial charge in [-0.3, -0.25) is 4.79 Å². The number of hydrogen-bond acceptors (Lipinski definition) is 4. The molecule has 4 heteroatoms. The largest absolute Gasteiger partial charge is 0.465 e. The predicted molar refractivity (Wildman–Crippen MR) is 43.5 cm³/mol. The first-order valence-electron chi connectivity index (χ1n) is 4.27. The van der Waals surface area contributed by atoms with Crippen molar-refractivity contribution in [1.82, 2.24) is 0 Å². The Bertz CT molecular complexity index is 188. The Morgan fingerprint density at radius 3 is 2.23 bits per heavy atom. The maximum absolute atomic E-state index is 10.9. The molecule has 0 bridgehead atoms. The summed E-state index contributed by atoms with van der Waals surface area (Å²) in [7, 11) is 0. The Balaban J connectivity index is 0.000000424. The van der Waals surface area contributed by atoms with Crippen molar-refractivity contribution in [2.75, 3.05) is 6.61 Å². The summed E-state index contributed by atoms with van der Waals surface area (Å²) < 4.78 is 4.99. The second-order valence-corrected chi connectivity index (χ2v) is 3.38. The zero-order valence-electron chi connectivity index (χ0n) is 7.91. The molecule has 1 saturated carbocycles. The molecule has 74 valence electrons. The number of ether oxygens (including phenoxy) is 1. The van der Waals surface area contributed by atoms with E-state index in [2.05, 4.69) is 0 Å². The molecule has 1 rings (SSSR count). The molecule has 1 aliphatic carbocycles. The molecule has 0 heterocycles. The molecule has 1 aliphatic rings. The summed E-state index contributed by atoms with van der Waals surface area (Å²) in [6.07, 6.45) is 2.33. The third-order valence-corrected chi connectivity index (χ3v) is 1.47. The molecule has 4 nitrogen and oxygen atoms in total. The molecule has 0 aromatic carbocycles. The standard InChI is InChI=1S/C8H14O2.CO2/c1-6(2)5-10-8(9)7-3-4-7;2-1-3/h6-7H,3-5H2,1-2H3;. The summed E-state index contributed by atoms with van der Waals surface area (Å²) in [5.41, 5.74) is 0. The van der Waals surface area contributed by atoms with Crippen LogP contribution in [0.5, 0.6) is 0 Å². The molecular weight excluding hydrogens is 172 g/mol. The second-order valence-electron chi connectivity index (χ2n) is 3.38. The molecule has 0 radical (unpaired) electrons. The number of carbonyl (C=O) groups excluding carboxylic acids is 3. The Kier molecular flexibility index (Phi) is 5.81. The minimum absolute atomic E-state index is 0.00806. The van der Waals surface area contributed by atoms with E-state index in [9.17, 15) is 4.79 Å². The van der Waals surface area contributed by atoms with Crippen molar-refractivity contribution in [1.29, 1.82) is 0 Å². The fraction of sp³-hybridized carbons (Fsp3) is 0.778. The van der Waals surface area contributed by atoms with Crippen molar-refractivity contribution in [2.24, 2.45) is 11.8 Å². The van der Waals surface area contributed by atoms with Gasteiger partial charge in [0, 0.05) is 0 Å². The van der Waals surface area contributed by atoms with Crippen LogP contribution in [0.15, 0.2) is 0 Å². The van der Waals surface area contributed by atoms with Gasteiger partial charge in [0.15, 0.2) is 0 Å². The van der Waals surface area contributed by atoms with Crippen LogP contribution in [0.2, 0.25) is 0 Å². The zero-order chi connectivity index (χ0) is 10.3. The van der Waals surface area contributed by atoms with Gasteiger partial charge in [-0.25, -0.2) is 0 Å². The molecule has 0 N–H and O–H groups in total. The Labute approximate surface area is 77.3 Å². The minimum Gasteiger partial charge on any atom is -0.465 e. The van der Waals surface area contributed by atoms with Crippen LogP contribution in [0.25, 0.3) is 0 Å². The van der Waals surface area contributed by atoms with Gasteiger partial charge in [0.1, 0.15) is 0 Å². The van der Waals surface area contributed by atoms with Crippen molar-refractivity contribution in [3.05, 3.63) is 0 Å². The van der Waals surface area contributed by atoms with E-state index in [-0.39, 0.29) is 18.0 Å². The SMILES string of the molecule is CC(C)COC(=O)C1CC1.O=C=O. The van der Waals surface area contributed by atoms with E-state index in [1.165, 1.54) is 0 Å². The zero-order valence-corrected chi connectivity index (χ0v) is 7.91. The normalized spacial score (nSPS) is 14.1. The lowest BCUT2D eigenvalue weighted by molar-refractivity contribution is -0.191. The lowest BCUT2D eigenvalue weighted by Gasteiger charge is -2.05. The average Bonchev–Trinajstić information content (AvgIpc) is 2.83. The molecule has 1 fully saturated rings. The molecule has 0 saturated heterocycles. The molecular formula is C9H14O4. The van der Waals surface area contributed by atoms with Gasteiger partial charge in [0.25, 0.3) is 0 Å². The number of carbonyl (C=O) groups is 1. The fourth-order valence-corrected chi connectivity index (χ4v) is 0.686. The quantitative estimate of drug-likeness (QED) is 0.617. The summed E-state index contributed by atoms with van der Waals surface area (Å²) in [5.74, 6) is 0.718. The topological polar surface area (TPSA) is 60.4 Å². The fourth-order valence-electron chi connectivity index (χ4n) is 0.686. The Hall–Kier alpha value is -1.15. The van der Waals surface area contributed by atoms with Gasteiger partial charge in [0.2, 0.25) is 0 Å². The van der Waals surface area contributed by atoms with Crippen molar-refractivity contribution in [2.45, 2.75) is 26.7 Å². The molecule has 0 aromatic rings. The van der Waals surface area contributed by atoms with Crippen molar-refractivity contribution in [3.8, 4) is 0 Å². The van der Waals surface area contributed by atoms with Gasteiger partial charge in [-0.2, -0.15) is 9.59 Å². The van der Waals surface area contributed by atoms with Crippen molar-refractivity contribution < 1.29 is 19.1 Å². The van der Waals surface area contributed by atoms with Crippen molar-refractivity contribution >= 4 is 12.1 Å². The summed E-state index contributed by atoms with van der Waals surface area (Å²) in [5, 5.41) is 0. The monoisotopic (exact) mass is 186 g/mol. The van der Waals surface area contributed by atoms with Gasteiger partial charge in [-0.05, 0) is 18.8 Å². The first-order chi connectivity index (χ1) is 6.11. The highest BCUT2D eigenvalue weighted by Crippen LogP contribution is 2.30. The highest BCUT2D eigenvalue weighted by Gasteiger charge is 2.31. The van der Waals surface area contributed by atoms with Crippen LogP contribution in [0.3, 0.4) is 0 Å². The van der Waals surface area contributed by atoms with E-state index in [0.29, 0.717) is 12.5 Å². The number of hydrogen-bond donors (Lipinski definition) is 0. The van der Waals surface area contributed by atoms with Gasteiger partial charge in [-0.15, -0.1) is 0 Å². The van der Waals surface area contributed by atoms with Crippen molar-refractivity contribution in [3.63, 3.8) is 0 Å². The summed E-state index contributed by atoms with van der Waals surface area (Å²) in [6, 6.07) is 0. The van der Waals surface area contributed by atoms with Gasteiger partial charge in [-0.1, -0.05) is 13.8 Å². The number of rotatable bonds is 3. The van der Waals surface area contributed by atoms with Crippen LogP contribution in [0.4, 0.5) is 0 Å². The third kappa shape index (κ3) is 7.22.